The summed E-state index contributed by atoms with van der Waals surface area (Å²) in [5.41, 5.74) is 6.12. The number of ether oxygens (including phenoxy) is 1. The molecule has 0 radical (unpaired) electrons. The molecule has 4 atom stereocenters. The van der Waals surface area contributed by atoms with Gasteiger partial charge in [0.25, 0.3) is 0 Å². The lowest BCUT2D eigenvalue weighted by Gasteiger charge is -2.46. The lowest BCUT2D eigenvalue weighted by Crippen LogP contribution is -2.55. The first-order valence-corrected chi connectivity index (χ1v) is 7.93. The van der Waals surface area contributed by atoms with E-state index in [0.717, 1.165) is 31.7 Å². The maximum Gasteiger partial charge on any atom is 0.0509 e. The third kappa shape index (κ3) is 2.45. The maximum absolute atomic E-state index is 6.12. The van der Waals surface area contributed by atoms with Crippen LogP contribution in [0.3, 0.4) is 0 Å². The lowest BCUT2D eigenvalue weighted by atomic mass is 9.86. The molecule has 3 rings (SSSR count). The Kier molecular flexibility index (Phi) is 4.22. The van der Waals surface area contributed by atoms with Gasteiger partial charge in [-0.2, -0.15) is 0 Å². The van der Waals surface area contributed by atoms with Crippen molar-refractivity contribution in [2.45, 2.75) is 57.0 Å². The van der Waals surface area contributed by atoms with Gasteiger partial charge in [0, 0.05) is 25.2 Å². The summed E-state index contributed by atoms with van der Waals surface area (Å²) in [5.74, 6) is 1.65. The fourth-order valence-electron chi connectivity index (χ4n) is 4.57. The van der Waals surface area contributed by atoms with Crippen molar-refractivity contribution in [1.29, 1.82) is 0 Å². The second kappa shape index (κ2) is 5.89. The highest BCUT2D eigenvalue weighted by Gasteiger charge is 2.40. The molecule has 2 heterocycles. The van der Waals surface area contributed by atoms with E-state index >= 15 is 0 Å². The molecule has 0 spiro atoms. The Bertz CT molecular complexity index is 265. The van der Waals surface area contributed by atoms with E-state index < -0.39 is 0 Å². The minimum Gasteiger partial charge on any atom is -0.381 e. The molecule has 104 valence electrons. The molecule has 3 fully saturated rings. The number of hydrogen-bond donors (Lipinski definition) is 1. The number of fused-ring (bicyclic) bond motifs is 1. The van der Waals surface area contributed by atoms with E-state index in [1.807, 2.05) is 0 Å². The Morgan fingerprint density at radius 1 is 1.11 bits per heavy atom. The number of piperidine rings is 1. The highest BCUT2D eigenvalue weighted by atomic mass is 16.5. The van der Waals surface area contributed by atoms with Crippen LogP contribution in [0.2, 0.25) is 0 Å². The SMILES string of the molecule is NCC(C1CCCOC1)N1CCCC2CCCC21. The Hall–Kier alpha value is -0.120. The smallest absolute Gasteiger partial charge is 0.0509 e. The normalized spacial score (nSPS) is 39.5. The molecule has 1 aliphatic carbocycles. The van der Waals surface area contributed by atoms with Gasteiger partial charge in [-0.15, -0.1) is 0 Å². The zero-order valence-corrected chi connectivity index (χ0v) is 11.5. The summed E-state index contributed by atoms with van der Waals surface area (Å²) >= 11 is 0. The summed E-state index contributed by atoms with van der Waals surface area (Å²) in [4.78, 5) is 2.78. The fourth-order valence-corrected chi connectivity index (χ4v) is 4.57. The minimum atomic E-state index is 0.580. The van der Waals surface area contributed by atoms with Crippen LogP contribution in [0.1, 0.15) is 44.9 Å². The third-order valence-corrected chi connectivity index (χ3v) is 5.44. The van der Waals surface area contributed by atoms with Gasteiger partial charge in [-0.3, -0.25) is 4.90 Å². The van der Waals surface area contributed by atoms with Gasteiger partial charge in [0.05, 0.1) is 6.61 Å². The van der Waals surface area contributed by atoms with Gasteiger partial charge in [-0.25, -0.2) is 0 Å². The first kappa shape index (κ1) is 12.9. The van der Waals surface area contributed by atoms with Crippen LogP contribution in [0.15, 0.2) is 0 Å². The van der Waals surface area contributed by atoms with Crippen molar-refractivity contribution in [3.05, 3.63) is 0 Å². The van der Waals surface area contributed by atoms with Gasteiger partial charge in [-0.05, 0) is 56.9 Å². The molecule has 3 heteroatoms. The molecule has 2 N–H and O–H groups in total. The van der Waals surface area contributed by atoms with Gasteiger partial charge in [0.1, 0.15) is 0 Å². The van der Waals surface area contributed by atoms with Gasteiger partial charge in [0.15, 0.2) is 0 Å². The highest BCUT2D eigenvalue weighted by molar-refractivity contribution is 4.94. The van der Waals surface area contributed by atoms with Crippen LogP contribution >= 0.6 is 0 Å². The monoisotopic (exact) mass is 252 g/mol. The maximum atomic E-state index is 6.12. The predicted octanol–water partition coefficient (Wildman–Crippen LogP) is 2.00. The van der Waals surface area contributed by atoms with E-state index in [0.29, 0.717) is 12.0 Å². The molecule has 3 aliphatic rings. The Morgan fingerprint density at radius 2 is 2.00 bits per heavy atom. The number of nitrogens with two attached hydrogens (primary N) is 1. The van der Waals surface area contributed by atoms with Crippen LogP contribution in [-0.2, 0) is 4.74 Å². The molecule has 0 bridgehead atoms. The molecular weight excluding hydrogens is 224 g/mol. The van der Waals surface area contributed by atoms with Crippen LogP contribution in [0, 0.1) is 11.8 Å². The molecule has 4 unspecified atom stereocenters. The van der Waals surface area contributed by atoms with Crippen molar-refractivity contribution in [2.75, 3.05) is 26.3 Å². The zero-order chi connectivity index (χ0) is 12.4. The number of likely N-dealkylation sites (tertiary alicyclic amines) is 1. The molecular formula is C15H28N2O. The standard InChI is InChI=1S/C15H28N2O/c16-10-15(13-6-3-9-18-11-13)17-8-2-5-12-4-1-7-14(12)17/h12-15H,1-11,16H2. The molecule has 3 nitrogen and oxygen atoms in total. The summed E-state index contributed by atoms with van der Waals surface area (Å²) in [5, 5.41) is 0. The van der Waals surface area contributed by atoms with Crippen LogP contribution in [-0.4, -0.2) is 43.3 Å². The second-order valence-corrected chi connectivity index (χ2v) is 6.42. The summed E-state index contributed by atoms with van der Waals surface area (Å²) in [6.07, 6.45) is 9.68. The first-order valence-electron chi connectivity index (χ1n) is 7.93. The first-order chi connectivity index (χ1) is 8.90. The topological polar surface area (TPSA) is 38.5 Å². The largest absolute Gasteiger partial charge is 0.381 e. The quantitative estimate of drug-likeness (QED) is 0.835. The van der Waals surface area contributed by atoms with E-state index in [-0.39, 0.29) is 0 Å². The van der Waals surface area contributed by atoms with Crippen molar-refractivity contribution in [3.63, 3.8) is 0 Å². The second-order valence-electron chi connectivity index (χ2n) is 6.42. The predicted molar refractivity (Wildman–Crippen MR) is 73.5 cm³/mol. The average Bonchev–Trinajstić information content (AvgIpc) is 2.90. The molecule has 18 heavy (non-hydrogen) atoms. The van der Waals surface area contributed by atoms with Crippen molar-refractivity contribution >= 4 is 0 Å². The van der Waals surface area contributed by atoms with E-state index in [1.54, 1.807) is 0 Å². The number of hydrogen-bond acceptors (Lipinski definition) is 3. The van der Waals surface area contributed by atoms with Crippen molar-refractivity contribution in [1.82, 2.24) is 4.90 Å². The number of rotatable bonds is 3. The summed E-state index contributed by atoms with van der Waals surface area (Å²) in [7, 11) is 0. The van der Waals surface area contributed by atoms with Crippen LogP contribution < -0.4 is 5.73 Å². The van der Waals surface area contributed by atoms with Crippen LogP contribution in [0.25, 0.3) is 0 Å². The summed E-state index contributed by atoms with van der Waals surface area (Å²) in [6.45, 7) is 3.99. The average molecular weight is 252 g/mol. The van der Waals surface area contributed by atoms with E-state index in [1.165, 1.54) is 51.5 Å². The Labute approximate surface area is 111 Å². The molecule has 0 aromatic rings. The van der Waals surface area contributed by atoms with Crippen molar-refractivity contribution < 1.29 is 4.74 Å². The fraction of sp³-hybridized carbons (Fsp3) is 1.00. The van der Waals surface area contributed by atoms with Gasteiger partial charge < -0.3 is 10.5 Å². The van der Waals surface area contributed by atoms with E-state index in [4.69, 9.17) is 10.5 Å². The molecule has 2 aliphatic heterocycles. The van der Waals surface area contributed by atoms with Crippen LogP contribution in [0.5, 0.6) is 0 Å². The van der Waals surface area contributed by atoms with Gasteiger partial charge >= 0.3 is 0 Å². The minimum absolute atomic E-state index is 0.580. The molecule has 1 saturated carbocycles. The molecule has 0 aromatic heterocycles. The summed E-state index contributed by atoms with van der Waals surface area (Å²) in [6, 6.07) is 1.42. The Balaban J connectivity index is 1.69. The van der Waals surface area contributed by atoms with E-state index in [2.05, 4.69) is 4.90 Å². The van der Waals surface area contributed by atoms with Crippen molar-refractivity contribution in [3.8, 4) is 0 Å². The van der Waals surface area contributed by atoms with Gasteiger partial charge in [-0.1, -0.05) is 6.42 Å². The van der Waals surface area contributed by atoms with Gasteiger partial charge in [0.2, 0.25) is 0 Å². The lowest BCUT2D eigenvalue weighted by molar-refractivity contribution is -0.0179. The third-order valence-electron chi connectivity index (χ3n) is 5.44. The molecule has 0 aromatic carbocycles. The molecule has 0 amide bonds. The number of nitrogens with zero attached hydrogens (tertiary/aromatic N) is 1. The van der Waals surface area contributed by atoms with E-state index in [9.17, 15) is 0 Å². The summed E-state index contributed by atoms with van der Waals surface area (Å²) < 4.78 is 5.68. The van der Waals surface area contributed by atoms with Crippen molar-refractivity contribution in [2.24, 2.45) is 17.6 Å². The Morgan fingerprint density at radius 3 is 2.78 bits per heavy atom. The molecule has 2 saturated heterocycles. The highest BCUT2D eigenvalue weighted by Crippen LogP contribution is 2.39. The van der Waals surface area contributed by atoms with Crippen LogP contribution in [0.4, 0.5) is 0 Å². The zero-order valence-electron chi connectivity index (χ0n) is 11.5.